The predicted octanol–water partition coefficient (Wildman–Crippen LogP) is 4.70. The third kappa shape index (κ3) is 8.18. The Morgan fingerprint density at radius 1 is 0.816 bits per heavy atom. The summed E-state index contributed by atoms with van der Waals surface area (Å²) in [5.74, 6) is -2.09. The molecule has 0 spiro atoms. The number of hydrogen-bond acceptors (Lipinski definition) is 5. The second-order valence-corrected chi connectivity index (χ2v) is 10.3. The lowest BCUT2D eigenvalue weighted by atomic mass is 9.80. The maximum atomic E-state index is 13.8. The minimum absolute atomic E-state index is 0.0757. The second kappa shape index (κ2) is 12.9. The monoisotopic (exact) mass is 535 g/mol. The Labute approximate surface area is 226 Å². The average Bonchev–Trinajstić information content (AvgIpc) is 2.90. The Hall–Kier alpha value is -4.17. The molecule has 3 aromatic carbocycles. The van der Waals surface area contributed by atoms with E-state index in [1.165, 1.54) is 12.1 Å². The molecule has 0 radical (unpaired) electrons. The molecule has 0 saturated carbocycles. The van der Waals surface area contributed by atoms with Crippen molar-refractivity contribution in [3.63, 3.8) is 0 Å². The largest absolute Gasteiger partial charge is 0.445 e. The molecule has 0 saturated heterocycles. The van der Waals surface area contributed by atoms with Gasteiger partial charge in [-0.05, 0) is 31.5 Å². The van der Waals surface area contributed by atoms with Gasteiger partial charge in [0.1, 0.15) is 6.61 Å². The molecule has 0 bridgehead atoms. The van der Waals surface area contributed by atoms with Crippen LogP contribution >= 0.6 is 11.6 Å². The number of rotatable bonds is 11. The summed E-state index contributed by atoms with van der Waals surface area (Å²) in [5.41, 5.74) is -0.709. The molecule has 8 nitrogen and oxygen atoms in total. The molecule has 0 aliphatic rings. The van der Waals surface area contributed by atoms with E-state index in [0.717, 1.165) is 5.56 Å². The molecule has 198 valence electrons. The SMILES string of the molecule is CC(C)(Cl)C[C@](NC(=O)OCc1ccccc1)(C(=O)NCC(=O)Nc1ccccc1)C(=O)c1ccccc1. The maximum Gasteiger partial charge on any atom is 0.408 e. The number of alkyl carbamates (subject to hydrolysis) is 1. The Bertz CT molecular complexity index is 1250. The summed E-state index contributed by atoms with van der Waals surface area (Å²) in [6, 6.07) is 25.7. The van der Waals surface area contributed by atoms with E-state index in [2.05, 4.69) is 16.0 Å². The van der Waals surface area contributed by atoms with Gasteiger partial charge in [0.15, 0.2) is 11.3 Å². The first kappa shape index (κ1) is 28.4. The topological polar surface area (TPSA) is 114 Å². The first-order valence-electron chi connectivity index (χ1n) is 12.0. The van der Waals surface area contributed by atoms with Crippen LogP contribution in [-0.4, -0.2) is 40.6 Å². The minimum atomic E-state index is -2.16. The third-order valence-electron chi connectivity index (χ3n) is 5.49. The highest BCUT2D eigenvalue weighted by molar-refractivity contribution is 6.25. The van der Waals surface area contributed by atoms with Crippen LogP contribution in [0.4, 0.5) is 10.5 Å². The first-order valence-corrected chi connectivity index (χ1v) is 12.4. The van der Waals surface area contributed by atoms with Crippen molar-refractivity contribution >= 4 is 41.0 Å². The molecule has 3 N–H and O–H groups in total. The molecule has 1 atom stereocenters. The van der Waals surface area contributed by atoms with Crippen LogP contribution in [0.3, 0.4) is 0 Å². The number of nitrogens with one attached hydrogen (secondary N) is 3. The van der Waals surface area contributed by atoms with Crippen LogP contribution in [0.5, 0.6) is 0 Å². The molecule has 0 unspecified atom stereocenters. The van der Waals surface area contributed by atoms with Crippen LogP contribution < -0.4 is 16.0 Å². The Balaban J connectivity index is 1.87. The molecule has 9 heteroatoms. The summed E-state index contributed by atoms with van der Waals surface area (Å²) in [6.45, 7) is 2.72. The number of benzene rings is 3. The normalized spacial score (nSPS) is 12.5. The highest BCUT2D eigenvalue weighted by Crippen LogP contribution is 2.30. The molecule has 0 aliphatic carbocycles. The number of alkyl halides is 1. The van der Waals surface area contributed by atoms with Gasteiger partial charge < -0.3 is 15.4 Å². The van der Waals surface area contributed by atoms with Gasteiger partial charge in [0, 0.05) is 22.5 Å². The van der Waals surface area contributed by atoms with E-state index in [4.69, 9.17) is 16.3 Å². The second-order valence-electron chi connectivity index (χ2n) is 9.28. The molecule has 0 aromatic heterocycles. The van der Waals surface area contributed by atoms with Crippen LogP contribution in [0.25, 0.3) is 0 Å². The number of para-hydroxylation sites is 1. The van der Waals surface area contributed by atoms with E-state index in [9.17, 15) is 19.2 Å². The molecule has 3 aromatic rings. The lowest BCUT2D eigenvalue weighted by Crippen LogP contribution is -2.66. The van der Waals surface area contributed by atoms with Gasteiger partial charge in [0.2, 0.25) is 5.91 Å². The smallest absolute Gasteiger partial charge is 0.408 e. The van der Waals surface area contributed by atoms with Gasteiger partial charge >= 0.3 is 6.09 Å². The van der Waals surface area contributed by atoms with Crippen LogP contribution in [0.2, 0.25) is 0 Å². The van der Waals surface area contributed by atoms with Crippen molar-refractivity contribution in [2.24, 2.45) is 0 Å². The lowest BCUT2D eigenvalue weighted by Gasteiger charge is -2.35. The fourth-order valence-corrected chi connectivity index (χ4v) is 4.06. The molecule has 38 heavy (non-hydrogen) atoms. The zero-order chi connectivity index (χ0) is 27.6. The molecular weight excluding hydrogens is 506 g/mol. The van der Waals surface area contributed by atoms with Crippen molar-refractivity contribution in [3.8, 4) is 0 Å². The zero-order valence-electron chi connectivity index (χ0n) is 21.2. The van der Waals surface area contributed by atoms with Crippen LogP contribution in [-0.2, 0) is 20.9 Å². The van der Waals surface area contributed by atoms with E-state index in [1.807, 2.05) is 6.07 Å². The predicted molar refractivity (Wildman–Crippen MR) is 146 cm³/mol. The summed E-state index contributed by atoms with van der Waals surface area (Å²) in [4.78, 5) is 51.9. The molecule has 3 amide bonds. The summed E-state index contributed by atoms with van der Waals surface area (Å²) in [5, 5.41) is 7.65. The van der Waals surface area contributed by atoms with Gasteiger partial charge in [-0.25, -0.2) is 4.79 Å². The number of anilines is 1. The molecular formula is C29H30ClN3O5. The van der Waals surface area contributed by atoms with E-state index in [0.29, 0.717) is 5.69 Å². The van der Waals surface area contributed by atoms with Gasteiger partial charge in [0.05, 0.1) is 6.54 Å². The van der Waals surface area contributed by atoms with Gasteiger partial charge in [-0.15, -0.1) is 11.6 Å². The number of amides is 3. The average molecular weight is 536 g/mol. The zero-order valence-corrected chi connectivity index (χ0v) is 22.0. The first-order chi connectivity index (χ1) is 18.1. The third-order valence-corrected chi connectivity index (χ3v) is 5.63. The standard InChI is InChI=1S/C29H30ClN3O5/c1-28(2,30)20-29(25(35)22-14-8-4-9-15-22,33-27(37)38-19-21-12-6-3-7-13-21)26(36)31-18-24(34)32-23-16-10-5-11-17-23/h3-17H,18-20H2,1-2H3,(H,31,36)(H,32,34)(H,33,37)/t29-/m1/s1. The summed E-state index contributed by atoms with van der Waals surface area (Å²) < 4.78 is 5.33. The highest BCUT2D eigenvalue weighted by atomic mass is 35.5. The summed E-state index contributed by atoms with van der Waals surface area (Å²) in [7, 11) is 0. The number of carbonyl (C=O) groups is 4. The lowest BCUT2D eigenvalue weighted by molar-refractivity contribution is -0.128. The molecule has 0 aliphatic heterocycles. The van der Waals surface area contributed by atoms with Crippen molar-refractivity contribution < 1.29 is 23.9 Å². The number of carbonyl (C=O) groups excluding carboxylic acids is 4. The fourth-order valence-electron chi connectivity index (χ4n) is 3.86. The van der Waals surface area contributed by atoms with Gasteiger partial charge in [-0.1, -0.05) is 78.9 Å². The van der Waals surface area contributed by atoms with Crippen molar-refractivity contribution in [1.29, 1.82) is 0 Å². The number of hydrogen-bond donors (Lipinski definition) is 3. The highest BCUT2D eigenvalue weighted by Gasteiger charge is 2.50. The van der Waals surface area contributed by atoms with Gasteiger partial charge in [-0.2, -0.15) is 0 Å². The van der Waals surface area contributed by atoms with Crippen LogP contribution in [0, 0.1) is 0 Å². The Morgan fingerprint density at radius 2 is 1.37 bits per heavy atom. The number of Topliss-reactive ketones (excluding diaryl/α,β-unsaturated/α-hetero) is 1. The van der Waals surface area contributed by atoms with Crippen molar-refractivity contribution in [3.05, 3.63) is 102 Å². The number of halogens is 1. The summed E-state index contributed by atoms with van der Waals surface area (Å²) >= 11 is 6.52. The molecule has 0 heterocycles. The quantitative estimate of drug-likeness (QED) is 0.187. The van der Waals surface area contributed by atoms with Gasteiger partial charge in [-0.3, -0.25) is 19.7 Å². The van der Waals surface area contributed by atoms with E-state index in [1.54, 1.807) is 86.6 Å². The number of ketones is 1. The summed E-state index contributed by atoms with van der Waals surface area (Å²) in [6.07, 6.45) is -1.26. The van der Waals surface area contributed by atoms with Crippen LogP contribution in [0.15, 0.2) is 91.0 Å². The van der Waals surface area contributed by atoms with Gasteiger partial charge in [0.25, 0.3) is 5.91 Å². The van der Waals surface area contributed by atoms with Crippen molar-refractivity contribution in [2.75, 3.05) is 11.9 Å². The van der Waals surface area contributed by atoms with Crippen molar-refractivity contribution in [1.82, 2.24) is 10.6 Å². The number of ether oxygens (including phenoxy) is 1. The molecule has 3 rings (SSSR count). The van der Waals surface area contributed by atoms with E-state index < -0.39 is 40.6 Å². The Morgan fingerprint density at radius 3 is 1.95 bits per heavy atom. The fraction of sp³-hybridized carbons (Fsp3) is 0.241. The van der Waals surface area contributed by atoms with E-state index >= 15 is 0 Å². The van der Waals surface area contributed by atoms with E-state index in [-0.39, 0.29) is 18.6 Å². The van der Waals surface area contributed by atoms with Crippen LogP contribution in [0.1, 0.15) is 36.2 Å². The molecule has 0 fully saturated rings. The van der Waals surface area contributed by atoms with Crippen molar-refractivity contribution in [2.45, 2.75) is 37.3 Å². The maximum absolute atomic E-state index is 13.8. The minimum Gasteiger partial charge on any atom is -0.445 e. The Kier molecular flexibility index (Phi) is 9.62.